The van der Waals surface area contributed by atoms with E-state index in [1.807, 2.05) is 13.0 Å². The second kappa shape index (κ2) is 9.31. The molecule has 0 saturated heterocycles. The predicted molar refractivity (Wildman–Crippen MR) is 147 cm³/mol. The van der Waals surface area contributed by atoms with Gasteiger partial charge in [-0.25, -0.2) is 9.36 Å². The van der Waals surface area contributed by atoms with Gasteiger partial charge in [0.15, 0.2) is 0 Å². The molecule has 2 aromatic carbocycles. The molecule has 0 amide bonds. The monoisotopic (exact) mass is 563 g/mol. The first-order valence-corrected chi connectivity index (χ1v) is 13.8. The van der Waals surface area contributed by atoms with Crippen molar-refractivity contribution >= 4 is 27.8 Å². The average Bonchev–Trinajstić information content (AvgIpc) is 2.85. The van der Waals surface area contributed by atoms with E-state index in [9.17, 15) is 14.7 Å². The molecule has 4 aliphatic carbocycles. The molecule has 192 valence electrons. The van der Waals surface area contributed by atoms with Crippen LogP contribution in [0.25, 0.3) is 5.69 Å². The smallest absolute Gasteiger partial charge is 0.335 e. The van der Waals surface area contributed by atoms with Gasteiger partial charge in [0.1, 0.15) is 11.3 Å². The highest BCUT2D eigenvalue weighted by molar-refractivity contribution is 9.10. The second-order valence-corrected chi connectivity index (χ2v) is 11.7. The highest BCUT2D eigenvalue weighted by Gasteiger charge is 2.51. The molecule has 1 heterocycles. The first-order valence-electron chi connectivity index (χ1n) is 13.0. The Morgan fingerprint density at radius 3 is 2.35 bits per heavy atom. The van der Waals surface area contributed by atoms with Gasteiger partial charge in [0.25, 0.3) is 5.56 Å². The maximum Gasteiger partial charge on any atom is 0.335 e. The summed E-state index contributed by atoms with van der Waals surface area (Å²) >= 11 is 3.60. The minimum Gasteiger partial charge on any atom is -0.494 e. The van der Waals surface area contributed by atoms with Crippen LogP contribution in [0.5, 0.6) is 11.6 Å². The fraction of sp³-hybridized carbons (Fsp3) is 0.414. The number of benzene rings is 2. The van der Waals surface area contributed by atoms with Crippen LogP contribution < -0.4 is 16.0 Å². The van der Waals surface area contributed by atoms with Crippen LogP contribution in [0.4, 0.5) is 5.69 Å². The van der Waals surface area contributed by atoms with Gasteiger partial charge in [0.2, 0.25) is 5.88 Å². The van der Waals surface area contributed by atoms with E-state index in [2.05, 4.69) is 38.0 Å². The van der Waals surface area contributed by atoms with Gasteiger partial charge < -0.3 is 9.84 Å². The molecular formula is C29H30BrN3O4. The highest BCUT2D eigenvalue weighted by atomic mass is 79.9. The summed E-state index contributed by atoms with van der Waals surface area (Å²) in [4.78, 5) is 32.1. The van der Waals surface area contributed by atoms with E-state index in [0.717, 1.165) is 26.8 Å². The van der Waals surface area contributed by atoms with Crippen molar-refractivity contribution in [1.82, 2.24) is 9.55 Å². The summed E-state index contributed by atoms with van der Waals surface area (Å²) in [5, 5.41) is 10.9. The zero-order valence-electron chi connectivity index (χ0n) is 20.7. The number of halogens is 1. The molecular weight excluding hydrogens is 534 g/mol. The Kier molecular flexibility index (Phi) is 6.10. The van der Waals surface area contributed by atoms with Crippen LogP contribution in [-0.2, 0) is 5.41 Å². The Morgan fingerprint density at radius 2 is 1.73 bits per heavy atom. The third-order valence-corrected chi connectivity index (χ3v) is 9.13. The number of nitrogens with zero attached hydrogens (tertiary/aromatic N) is 2. The molecule has 7 nitrogen and oxygen atoms in total. The van der Waals surface area contributed by atoms with Crippen molar-refractivity contribution in [3.8, 4) is 17.3 Å². The van der Waals surface area contributed by atoms with Crippen molar-refractivity contribution in [2.24, 2.45) is 22.7 Å². The van der Waals surface area contributed by atoms with Crippen molar-refractivity contribution in [3.63, 3.8) is 0 Å². The molecule has 37 heavy (non-hydrogen) atoms. The molecule has 7 rings (SSSR count). The van der Waals surface area contributed by atoms with Gasteiger partial charge in [0, 0.05) is 10.7 Å². The van der Waals surface area contributed by atoms with Crippen LogP contribution in [0.15, 0.2) is 61.5 Å². The Morgan fingerprint density at radius 1 is 1.08 bits per heavy atom. The van der Waals surface area contributed by atoms with Gasteiger partial charge in [-0.05, 0) is 127 Å². The third-order valence-electron chi connectivity index (χ3n) is 8.46. The quantitative estimate of drug-likeness (QED) is 0.381. The lowest BCUT2D eigenvalue weighted by Gasteiger charge is -2.57. The minimum absolute atomic E-state index is 0.0828. The van der Waals surface area contributed by atoms with Gasteiger partial charge in [-0.2, -0.15) is 0 Å². The van der Waals surface area contributed by atoms with Crippen molar-refractivity contribution in [1.29, 1.82) is 0 Å². The number of aromatic amines is 1. The first kappa shape index (κ1) is 24.2. The van der Waals surface area contributed by atoms with Gasteiger partial charge in [0.05, 0.1) is 18.0 Å². The van der Waals surface area contributed by atoms with Crippen molar-refractivity contribution in [3.05, 3.63) is 78.9 Å². The Hall–Kier alpha value is -3.13. The summed E-state index contributed by atoms with van der Waals surface area (Å²) in [5.41, 5.74) is 1.14. The van der Waals surface area contributed by atoms with Gasteiger partial charge in [-0.15, -0.1) is 0 Å². The van der Waals surface area contributed by atoms with Crippen LogP contribution in [0.3, 0.4) is 0 Å². The van der Waals surface area contributed by atoms with E-state index in [1.165, 1.54) is 50.3 Å². The second-order valence-electron chi connectivity index (χ2n) is 10.9. The molecule has 2 N–H and O–H groups in total. The number of aromatic hydroxyl groups is 1. The number of rotatable bonds is 6. The average molecular weight is 564 g/mol. The first-order chi connectivity index (χ1) is 17.8. The number of aliphatic imine (C=N–C) groups is 1. The Labute approximate surface area is 223 Å². The van der Waals surface area contributed by atoms with Crippen LogP contribution in [0.1, 0.15) is 56.6 Å². The standard InChI is InChI=1S/C29H30BrN3O4/c1-2-37-22-6-4-21(5-7-22)33-27(35)23(26(34)32-28(33)36)16-31-25-12-20(3-8-24(25)30)29-13-17-9-18(14-29)11-19(10-17)15-29/h3-8,12,16-19,35H,2,9-11,13-15H2,1H3,(H,32,34,36). The van der Waals surface area contributed by atoms with Crippen molar-refractivity contribution < 1.29 is 9.84 Å². The number of aromatic nitrogens is 2. The van der Waals surface area contributed by atoms with Crippen molar-refractivity contribution in [2.75, 3.05) is 6.61 Å². The summed E-state index contributed by atoms with van der Waals surface area (Å²) < 4.78 is 7.32. The largest absolute Gasteiger partial charge is 0.494 e. The predicted octanol–water partition coefficient (Wildman–Crippen LogP) is 5.61. The zero-order chi connectivity index (χ0) is 25.7. The molecule has 4 bridgehead atoms. The summed E-state index contributed by atoms with van der Waals surface area (Å²) in [6, 6.07) is 13.1. The number of nitrogens with one attached hydrogen (secondary N) is 1. The summed E-state index contributed by atoms with van der Waals surface area (Å²) in [6.45, 7) is 2.40. The van der Waals surface area contributed by atoms with E-state index < -0.39 is 17.1 Å². The molecule has 1 aromatic heterocycles. The minimum atomic E-state index is -0.728. The van der Waals surface area contributed by atoms with E-state index in [1.54, 1.807) is 24.3 Å². The van der Waals surface area contributed by atoms with Gasteiger partial charge >= 0.3 is 5.69 Å². The van der Waals surface area contributed by atoms with E-state index in [-0.39, 0.29) is 11.0 Å². The van der Waals surface area contributed by atoms with Crippen LogP contribution in [0, 0.1) is 17.8 Å². The molecule has 0 unspecified atom stereocenters. The number of hydrogen-bond acceptors (Lipinski definition) is 5. The van der Waals surface area contributed by atoms with Crippen LogP contribution >= 0.6 is 15.9 Å². The molecule has 0 spiro atoms. The number of H-pyrrole nitrogens is 1. The maximum atomic E-state index is 12.6. The molecule has 0 atom stereocenters. The summed E-state index contributed by atoms with van der Waals surface area (Å²) in [5.74, 6) is 2.69. The molecule has 4 aliphatic rings. The van der Waals surface area contributed by atoms with Crippen LogP contribution in [-0.4, -0.2) is 27.5 Å². The Balaban J connectivity index is 1.35. The SMILES string of the molecule is CCOc1ccc(-n2c(O)c(C=Nc3cc(C45CC6CC(CC(C6)C4)C5)ccc3Br)c(=O)[nH]c2=O)cc1. The molecule has 8 heteroatoms. The lowest BCUT2D eigenvalue weighted by Crippen LogP contribution is -2.48. The fourth-order valence-electron chi connectivity index (χ4n) is 7.29. The topological polar surface area (TPSA) is 96.7 Å². The van der Waals surface area contributed by atoms with E-state index >= 15 is 0 Å². The van der Waals surface area contributed by atoms with Gasteiger partial charge in [-0.1, -0.05) is 6.07 Å². The van der Waals surface area contributed by atoms with Crippen molar-refractivity contribution in [2.45, 2.75) is 50.9 Å². The highest BCUT2D eigenvalue weighted by Crippen LogP contribution is 2.61. The number of ether oxygens (including phenoxy) is 1. The molecule has 4 saturated carbocycles. The fourth-order valence-corrected chi connectivity index (χ4v) is 7.64. The lowest BCUT2D eigenvalue weighted by molar-refractivity contribution is -0.00517. The lowest BCUT2D eigenvalue weighted by atomic mass is 9.48. The Bertz CT molecular complexity index is 1450. The molecule has 3 aromatic rings. The maximum absolute atomic E-state index is 12.6. The summed E-state index contributed by atoms with van der Waals surface area (Å²) in [7, 11) is 0. The normalized spacial score (nSPS) is 26.2. The zero-order valence-corrected chi connectivity index (χ0v) is 22.3. The summed E-state index contributed by atoms with van der Waals surface area (Å²) in [6.07, 6.45) is 9.22. The van der Waals surface area contributed by atoms with Gasteiger partial charge in [-0.3, -0.25) is 14.8 Å². The third kappa shape index (κ3) is 4.35. The van der Waals surface area contributed by atoms with E-state index in [0.29, 0.717) is 23.7 Å². The van der Waals surface area contributed by atoms with E-state index in [4.69, 9.17) is 4.74 Å². The number of hydrogen-bond donors (Lipinski definition) is 2. The molecule has 4 fully saturated rings. The molecule has 0 aliphatic heterocycles. The molecule has 0 radical (unpaired) electrons. The van der Waals surface area contributed by atoms with Crippen LogP contribution in [0.2, 0.25) is 0 Å².